The topological polar surface area (TPSA) is 85.9 Å². The molecule has 19 heavy (non-hydrogen) atoms. The van der Waals surface area contributed by atoms with Gasteiger partial charge in [-0.1, -0.05) is 0 Å². The van der Waals surface area contributed by atoms with E-state index in [9.17, 15) is 8.42 Å². The summed E-state index contributed by atoms with van der Waals surface area (Å²) in [5.74, 6) is 0. The standard InChI is InChI=1S/C12H13N3O2S2/c1-8-6-14-12(15-7-8)18-11-4-3-9(5-10(11)13)19(2,16)17/h3-7H,13H2,1-2H3. The SMILES string of the molecule is Cc1cnc(Sc2ccc(S(C)(=O)=O)cc2N)nc1. The lowest BCUT2D eigenvalue weighted by Gasteiger charge is -2.06. The van der Waals surface area contributed by atoms with Crippen molar-refractivity contribution in [2.24, 2.45) is 0 Å². The second kappa shape index (κ2) is 5.18. The van der Waals surface area contributed by atoms with E-state index < -0.39 is 9.84 Å². The van der Waals surface area contributed by atoms with Gasteiger partial charge in [-0.05, 0) is 42.4 Å². The Morgan fingerprint density at radius 3 is 2.37 bits per heavy atom. The Hall–Kier alpha value is -1.60. The molecule has 7 heteroatoms. The van der Waals surface area contributed by atoms with Crippen LogP contribution in [0.2, 0.25) is 0 Å². The molecule has 0 radical (unpaired) electrons. The van der Waals surface area contributed by atoms with E-state index in [1.165, 1.54) is 23.9 Å². The molecule has 0 saturated carbocycles. The molecule has 0 spiro atoms. The molecule has 0 saturated heterocycles. The highest BCUT2D eigenvalue weighted by atomic mass is 32.2. The van der Waals surface area contributed by atoms with Crippen LogP contribution in [0.4, 0.5) is 5.69 Å². The lowest BCUT2D eigenvalue weighted by atomic mass is 10.3. The molecule has 2 N–H and O–H groups in total. The number of nitrogen functional groups attached to an aromatic ring is 1. The van der Waals surface area contributed by atoms with Gasteiger partial charge < -0.3 is 5.73 Å². The van der Waals surface area contributed by atoms with Crippen molar-refractivity contribution in [3.63, 3.8) is 0 Å². The molecule has 2 rings (SSSR count). The molecule has 1 heterocycles. The van der Waals surface area contributed by atoms with E-state index in [0.717, 1.165) is 16.7 Å². The van der Waals surface area contributed by atoms with Gasteiger partial charge in [0.25, 0.3) is 0 Å². The number of aromatic nitrogens is 2. The van der Waals surface area contributed by atoms with Crippen LogP contribution in [0.5, 0.6) is 0 Å². The molecule has 0 amide bonds. The molecule has 0 aliphatic rings. The lowest BCUT2D eigenvalue weighted by molar-refractivity contribution is 0.602. The van der Waals surface area contributed by atoms with Crippen LogP contribution < -0.4 is 5.73 Å². The maximum Gasteiger partial charge on any atom is 0.192 e. The van der Waals surface area contributed by atoms with Gasteiger partial charge in [-0.15, -0.1) is 0 Å². The molecule has 5 nitrogen and oxygen atoms in total. The van der Waals surface area contributed by atoms with Gasteiger partial charge in [0.1, 0.15) is 0 Å². The number of hydrogen-bond donors (Lipinski definition) is 1. The van der Waals surface area contributed by atoms with Gasteiger partial charge in [-0.3, -0.25) is 0 Å². The highest BCUT2D eigenvalue weighted by Crippen LogP contribution is 2.31. The fourth-order valence-corrected chi connectivity index (χ4v) is 2.76. The normalized spacial score (nSPS) is 11.5. The van der Waals surface area contributed by atoms with E-state index in [4.69, 9.17) is 5.73 Å². The predicted molar refractivity (Wildman–Crippen MR) is 74.9 cm³/mol. The highest BCUT2D eigenvalue weighted by Gasteiger charge is 2.11. The number of anilines is 1. The number of sulfone groups is 1. The molecule has 0 aliphatic carbocycles. The summed E-state index contributed by atoms with van der Waals surface area (Å²) in [6.07, 6.45) is 4.59. The molecule has 1 aromatic heterocycles. The first-order valence-corrected chi connectivity index (χ1v) is 8.13. The zero-order valence-corrected chi connectivity index (χ0v) is 12.1. The van der Waals surface area contributed by atoms with E-state index in [-0.39, 0.29) is 4.90 Å². The van der Waals surface area contributed by atoms with E-state index in [0.29, 0.717) is 10.8 Å². The van der Waals surface area contributed by atoms with E-state index in [1.807, 2.05) is 6.92 Å². The summed E-state index contributed by atoms with van der Waals surface area (Å²) in [4.78, 5) is 9.27. The Labute approximate surface area is 116 Å². The first-order chi connectivity index (χ1) is 8.86. The Morgan fingerprint density at radius 2 is 1.84 bits per heavy atom. The molecule has 2 aromatic rings. The highest BCUT2D eigenvalue weighted by molar-refractivity contribution is 7.99. The zero-order valence-electron chi connectivity index (χ0n) is 10.5. The lowest BCUT2D eigenvalue weighted by Crippen LogP contribution is -1.99. The molecule has 0 atom stereocenters. The molecule has 0 unspecified atom stereocenters. The third kappa shape index (κ3) is 3.45. The minimum atomic E-state index is -3.24. The number of nitrogens with zero attached hydrogens (tertiary/aromatic N) is 2. The average Bonchev–Trinajstić information content (AvgIpc) is 2.33. The number of nitrogens with two attached hydrogens (primary N) is 1. The van der Waals surface area contributed by atoms with Crippen molar-refractivity contribution >= 4 is 27.3 Å². The summed E-state index contributed by atoms with van der Waals surface area (Å²) in [6, 6.07) is 4.65. The average molecular weight is 295 g/mol. The Kier molecular flexibility index (Phi) is 3.77. The van der Waals surface area contributed by atoms with Crippen LogP contribution in [0.15, 0.2) is 45.5 Å². The Bertz CT molecular complexity index is 697. The van der Waals surface area contributed by atoms with E-state index >= 15 is 0 Å². The predicted octanol–water partition coefficient (Wildman–Crippen LogP) is 1.92. The van der Waals surface area contributed by atoms with Crippen LogP contribution in [0.25, 0.3) is 0 Å². The van der Waals surface area contributed by atoms with Gasteiger partial charge in [0, 0.05) is 29.2 Å². The van der Waals surface area contributed by atoms with Crippen molar-refractivity contribution < 1.29 is 8.42 Å². The Morgan fingerprint density at radius 1 is 1.21 bits per heavy atom. The van der Waals surface area contributed by atoms with Crippen molar-refractivity contribution in [2.45, 2.75) is 21.9 Å². The Balaban J connectivity index is 2.29. The second-order valence-corrected chi connectivity index (χ2v) is 7.14. The molecular formula is C12H13N3O2S2. The molecule has 0 fully saturated rings. The van der Waals surface area contributed by atoms with Crippen LogP contribution in [0, 0.1) is 6.92 Å². The fourth-order valence-electron chi connectivity index (χ4n) is 1.38. The van der Waals surface area contributed by atoms with E-state index in [2.05, 4.69) is 9.97 Å². The van der Waals surface area contributed by atoms with Crippen LogP contribution >= 0.6 is 11.8 Å². The van der Waals surface area contributed by atoms with Gasteiger partial charge in [0.2, 0.25) is 0 Å². The second-order valence-electron chi connectivity index (χ2n) is 4.12. The summed E-state index contributed by atoms with van der Waals surface area (Å²) in [6.45, 7) is 1.91. The summed E-state index contributed by atoms with van der Waals surface area (Å²) >= 11 is 1.30. The van der Waals surface area contributed by atoms with Gasteiger partial charge >= 0.3 is 0 Å². The third-order valence-corrected chi connectivity index (χ3v) is 4.46. The smallest absolute Gasteiger partial charge is 0.192 e. The summed E-state index contributed by atoms with van der Waals surface area (Å²) < 4.78 is 22.8. The molecule has 100 valence electrons. The largest absolute Gasteiger partial charge is 0.398 e. The quantitative estimate of drug-likeness (QED) is 0.687. The molecule has 0 bridgehead atoms. The maximum absolute atomic E-state index is 11.4. The van der Waals surface area contributed by atoms with Crippen LogP contribution in [-0.4, -0.2) is 24.6 Å². The number of hydrogen-bond acceptors (Lipinski definition) is 6. The zero-order chi connectivity index (χ0) is 14.0. The number of benzene rings is 1. The van der Waals surface area contributed by atoms with E-state index in [1.54, 1.807) is 18.5 Å². The molecule has 0 aliphatic heterocycles. The van der Waals surface area contributed by atoms with Gasteiger partial charge in [-0.2, -0.15) is 0 Å². The first-order valence-electron chi connectivity index (χ1n) is 5.42. The fraction of sp³-hybridized carbons (Fsp3) is 0.167. The minimum Gasteiger partial charge on any atom is -0.398 e. The monoisotopic (exact) mass is 295 g/mol. The maximum atomic E-state index is 11.4. The van der Waals surface area contributed by atoms with Crippen LogP contribution in [0.1, 0.15) is 5.56 Å². The molecular weight excluding hydrogens is 282 g/mol. The third-order valence-electron chi connectivity index (χ3n) is 2.37. The van der Waals surface area contributed by atoms with Crippen molar-refractivity contribution in [1.29, 1.82) is 0 Å². The molecule has 1 aromatic carbocycles. The van der Waals surface area contributed by atoms with Crippen molar-refractivity contribution in [2.75, 3.05) is 12.0 Å². The van der Waals surface area contributed by atoms with Gasteiger partial charge in [-0.25, -0.2) is 18.4 Å². The van der Waals surface area contributed by atoms with Gasteiger partial charge in [0.05, 0.1) is 4.90 Å². The van der Waals surface area contributed by atoms with Crippen molar-refractivity contribution in [3.8, 4) is 0 Å². The van der Waals surface area contributed by atoms with Gasteiger partial charge in [0.15, 0.2) is 15.0 Å². The number of aryl methyl sites for hydroxylation is 1. The summed E-state index contributed by atoms with van der Waals surface area (Å²) in [5.41, 5.74) is 7.23. The van der Waals surface area contributed by atoms with Crippen LogP contribution in [-0.2, 0) is 9.84 Å². The van der Waals surface area contributed by atoms with Crippen LogP contribution in [0.3, 0.4) is 0 Å². The first kappa shape index (κ1) is 13.8. The number of rotatable bonds is 3. The summed E-state index contributed by atoms with van der Waals surface area (Å²) in [5, 5.41) is 0.574. The summed E-state index contributed by atoms with van der Waals surface area (Å²) in [7, 11) is -3.24. The van der Waals surface area contributed by atoms with Crippen molar-refractivity contribution in [3.05, 3.63) is 36.2 Å². The minimum absolute atomic E-state index is 0.208. The van der Waals surface area contributed by atoms with Crippen molar-refractivity contribution in [1.82, 2.24) is 9.97 Å².